The van der Waals surface area contributed by atoms with Crippen molar-refractivity contribution in [1.29, 1.82) is 0 Å². The average Bonchev–Trinajstić information content (AvgIpc) is 2.30. The summed E-state index contributed by atoms with van der Waals surface area (Å²) < 4.78 is 29.7. The summed E-state index contributed by atoms with van der Waals surface area (Å²) in [5, 5.41) is 9.36. The highest BCUT2D eigenvalue weighted by atomic mass is 35.5. The quantitative estimate of drug-likeness (QED) is 0.670. The first kappa shape index (κ1) is 13.6. The third kappa shape index (κ3) is 3.26. The number of hydrogen-bond donors (Lipinski definition) is 1. The van der Waals surface area contributed by atoms with Crippen LogP contribution in [0.2, 0.25) is 0 Å². The van der Waals surface area contributed by atoms with E-state index in [2.05, 4.69) is 9.72 Å². The molecule has 0 aliphatic rings. The van der Waals surface area contributed by atoms with Gasteiger partial charge in [0.25, 0.3) is 6.43 Å². The Morgan fingerprint density at radius 2 is 2.24 bits per heavy atom. The van der Waals surface area contributed by atoms with Crippen LogP contribution in [-0.2, 0) is 21.8 Å². The lowest BCUT2D eigenvalue weighted by Gasteiger charge is -2.10. The summed E-state index contributed by atoms with van der Waals surface area (Å²) >= 11 is 5.48. The molecule has 0 aliphatic heterocycles. The highest BCUT2D eigenvalue weighted by molar-refractivity contribution is 6.17. The molecule has 1 N–H and O–H groups in total. The van der Waals surface area contributed by atoms with Crippen LogP contribution in [0.25, 0.3) is 0 Å². The molecule has 0 spiro atoms. The van der Waals surface area contributed by atoms with Crippen molar-refractivity contribution < 1.29 is 23.4 Å². The van der Waals surface area contributed by atoms with Crippen LogP contribution in [0, 0.1) is 0 Å². The number of methoxy groups -OCH3 is 1. The number of nitrogens with zero attached hydrogens (tertiary/aromatic N) is 1. The van der Waals surface area contributed by atoms with Gasteiger partial charge in [-0.15, -0.1) is 11.6 Å². The Morgan fingerprint density at radius 3 is 2.71 bits per heavy atom. The molecule has 0 radical (unpaired) electrons. The number of alkyl halides is 3. The Hall–Kier alpha value is -1.43. The molecule has 0 saturated heterocycles. The van der Waals surface area contributed by atoms with Gasteiger partial charge in [0.2, 0.25) is 0 Å². The van der Waals surface area contributed by atoms with E-state index >= 15 is 0 Å². The molecule has 1 aromatic heterocycles. The number of halogens is 3. The maximum atomic E-state index is 12.7. The second-order valence-electron chi connectivity index (χ2n) is 3.18. The smallest absolute Gasteiger partial charge is 0.311 e. The molecular weight excluding hydrogens is 256 g/mol. The molecule has 0 amide bonds. The maximum Gasteiger partial charge on any atom is 0.311 e. The number of aromatic nitrogens is 1. The summed E-state index contributed by atoms with van der Waals surface area (Å²) in [4.78, 5) is 14.8. The molecule has 17 heavy (non-hydrogen) atoms. The Bertz CT molecular complexity index is 426. The predicted molar refractivity (Wildman–Crippen MR) is 56.1 cm³/mol. The van der Waals surface area contributed by atoms with Crippen molar-refractivity contribution in [2.24, 2.45) is 0 Å². The van der Waals surface area contributed by atoms with E-state index in [9.17, 15) is 18.7 Å². The first-order valence-corrected chi connectivity index (χ1v) is 5.15. The Kier molecular flexibility index (Phi) is 4.62. The summed E-state index contributed by atoms with van der Waals surface area (Å²) in [5.74, 6) is -1.24. The molecule has 0 fully saturated rings. The highest BCUT2D eigenvalue weighted by Crippen LogP contribution is 2.28. The van der Waals surface area contributed by atoms with E-state index in [4.69, 9.17) is 11.6 Å². The molecule has 0 bridgehead atoms. The third-order valence-electron chi connectivity index (χ3n) is 2.09. The number of pyridine rings is 1. The average molecular weight is 266 g/mol. The van der Waals surface area contributed by atoms with Gasteiger partial charge >= 0.3 is 5.97 Å². The minimum Gasteiger partial charge on any atom is -0.506 e. The summed E-state index contributed by atoms with van der Waals surface area (Å²) in [6.45, 7) is 0. The molecule has 0 unspecified atom stereocenters. The Morgan fingerprint density at radius 1 is 1.59 bits per heavy atom. The number of rotatable bonds is 4. The number of hydrogen-bond acceptors (Lipinski definition) is 4. The number of ether oxygens (including phenoxy) is 1. The highest BCUT2D eigenvalue weighted by Gasteiger charge is 2.20. The van der Waals surface area contributed by atoms with Gasteiger partial charge in [0.05, 0.1) is 30.8 Å². The van der Waals surface area contributed by atoms with E-state index in [1.54, 1.807) is 0 Å². The molecule has 4 nitrogen and oxygen atoms in total. The van der Waals surface area contributed by atoms with Crippen molar-refractivity contribution in [2.45, 2.75) is 18.7 Å². The zero-order valence-electron chi connectivity index (χ0n) is 8.91. The number of carbonyl (C=O) groups is 1. The number of aromatic hydroxyl groups is 1. The molecule has 0 atom stereocenters. The van der Waals surface area contributed by atoms with Gasteiger partial charge in [-0.3, -0.25) is 9.78 Å². The topological polar surface area (TPSA) is 59.4 Å². The molecule has 1 rings (SSSR count). The van der Waals surface area contributed by atoms with E-state index in [0.717, 1.165) is 13.2 Å². The summed E-state index contributed by atoms with van der Waals surface area (Å²) in [6.07, 6.45) is -3.22. The van der Waals surface area contributed by atoms with Crippen LogP contribution in [0.15, 0.2) is 6.07 Å². The SMILES string of the molecule is COC(=O)Cc1nc(CCl)c(O)cc1C(F)F. The fourth-order valence-corrected chi connectivity index (χ4v) is 1.43. The van der Waals surface area contributed by atoms with Crippen LogP contribution >= 0.6 is 11.6 Å². The van der Waals surface area contributed by atoms with Gasteiger partial charge in [0, 0.05) is 5.56 Å². The summed E-state index contributed by atoms with van der Waals surface area (Å²) in [5.41, 5.74) is -0.586. The molecule has 0 saturated carbocycles. The molecule has 0 aromatic carbocycles. The zero-order valence-corrected chi connectivity index (χ0v) is 9.67. The van der Waals surface area contributed by atoms with Gasteiger partial charge in [0.15, 0.2) is 0 Å². The Balaban J connectivity index is 3.19. The standard InChI is InChI=1S/C10H10ClF2NO3/c1-17-9(16)3-6-5(10(12)13)2-8(15)7(4-11)14-6/h2,10,15H,3-4H2,1H3. The minimum atomic E-state index is -2.84. The van der Waals surface area contributed by atoms with Crippen molar-refractivity contribution in [3.63, 3.8) is 0 Å². The van der Waals surface area contributed by atoms with Gasteiger partial charge in [0.1, 0.15) is 5.75 Å². The lowest BCUT2D eigenvalue weighted by Crippen LogP contribution is -2.10. The first-order valence-electron chi connectivity index (χ1n) is 4.62. The predicted octanol–water partition coefficient (Wildman–Crippen LogP) is 2.18. The van der Waals surface area contributed by atoms with Crippen LogP contribution in [0.5, 0.6) is 5.75 Å². The fraction of sp³-hybridized carbons (Fsp3) is 0.400. The molecular formula is C10H10ClF2NO3. The van der Waals surface area contributed by atoms with Crippen LogP contribution in [0.1, 0.15) is 23.4 Å². The number of esters is 1. The van der Waals surface area contributed by atoms with Crippen LogP contribution in [-0.4, -0.2) is 23.2 Å². The molecule has 94 valence electrons. The van der Waals surface area contributed by atoms with Crippen LogP contribution in [0.3, 0.4) is 0 Å². The van der Waals surface area contributed by atoms with Crippen molar-refractivity contribution in [2.75, 3.05) is 7.11 Å². The van der Waals surface area contributed by atoms with Crippen molar-refractivity contribution >= 4 is 17.6 Å². The number of carbonyl (C=O) groups excluding carboxylic acids is 1. The lowest BCUT2D eigenvalue weighted by molar-refractivity contribution is -0.139. The lowest BCUT2D eigenvalue weighted by atomic mass is 10.1. The fourth-order valence-electron chi connectivity index (χ4n) is 1.24. The van der Waals surface area contributed by atoms with Crippen molar-refractivity contribution in [3.8, 4) is 5.75 Å². The van der Waals surface area contributed by atoms with Gasteiger partial charge in [-0.2, -0.15) is 0 Å². The Labute approximate surface area is 101 Å². The van der Waals surface area contributed by atoms with Crippen molar-refractivity contribution in [1.82, 2.24) is 4.98 Å². The second kappa shape index (κ2) is 5.77. The van der Waals surface area contributed by atoms with E-state index in [-0.39, 0.29) is 23.7 Å². The first-order chi connectivity index (χ1) is 7.99. The minimum absolute atomic E-state index is 0.0509. The summed E-state index contributed by atoms with van der Waals surface area (Å²) in [7, 11) is 1.15. The van der Waals surface area contributed by atoms with Gasteiger partial charge in [-0.1, -0.05) is 0 Å². The third-order valence-corrected chi connectivity index (χ3v) is 2.35. The largest absolute Gasteiger partial charge is 0.506 e. The van der Waals surface area contributed by atoms with E-state index in [1.807, 2.05) is 0 Å². The second-order valence-corrected chi connectivity index (χ2v) is 3.44. The molecule has 1 heterocycles. The monoisotopic (exact) mass is 265 g/mol. The van der Waals surface area contributed by atoms with Gasteiger partial charge < -0.3 is 9.84 Å². The van der Waals surface area contributed by atoms with Crippen LogP contribution < -0.4 is 0 Å². The van der Waals surface area contributed by atoms with E-state index in [0.29, 0.717) is 0 Å². The molecule has 7 heteroatoms. The molecule has 1 aromatic rings. The van der Waals surface area contributed by atoms with Crippen LogP contribution in [0.4, 0.5) is 8.78 Å². The van der Waals surface area contributed by atoms with Gasteiger partial charge in [-0.25, -0.2) is 8.78 Å². The normalized spacial score (nSPS) is 10.6. The summed E-state index contributed by atoms with van der Waals surface area (Å²) in [6, 6.07) is 0.869. The molecule has 0 aliphatic carbocycles. The van der Waals surface area contributed by atoms with E-state index < -0.39 is 23.7 Å². The van der Waals surface area contributed by atoms with Crippen molar-refractivity contribution in [3.05, 3.63) is 23.0 Å². The van der Waals surface area contributed by atoms with E-state index in [1.165, 1.54) is 0 Å². The maximum absolute atomic E-state index is 12.7. The zero-order chi connectivity index (χ0) is 13.0. The van der Waals surface area contributed by atoms with Gasteiger partial charge in [-0.05, 0) is 6.07 Å².